The molecule has 4 atom stereocenters. The molecule has 27 heavy (non-hydrogen) atoms. The quantitative estimate of drug-likeness (QED) is 0.234. The lowest BCUT2D eigenvalue weighted by molar-refractivity contribution is -0.139. The van der Waals surface area contributed by atoms with E-state index in [-0.39, 0.29) is 18.3 Å². The summed E-state index contributed by atoms with van der Waals surface area (Å²) in [7, 11) is -3.38. The van der Waals surface area contributed by atoms with E-state index in [1.807, 2.05) is 0 Å². The van der Waals surface area contributed by atoms with Gasteiger partial charge in [0.15, 0.2) is 0 Å². The van der Waals surface area contributed by atoms with Crippen molar-refractivity contribution in [2.24, 2.45) is 17.8 Å². The number of aliphatic hydroxyl groups is 1. The van der Waals surface area contributed by atoms with Crippen molar-refractivity contribution in [3.63, 3.8) is 0 Å². The molecule has 0 heterocycles. The fraction of sp³-hybridized carbons (Fsp3) is 0.812. The van der Waals surface area contributed by atoms with Gasteiger partial charge in [0.25, 0.3) is 10.1 Å². The molecular formula is C16H31N3O7S. The second-order valence-corrected chi connectivity index (χ2v) is 8.73. The summed E-state index contributed by atoms with van der Waals surface area (Å²) >= 11 is 0. The molecule has 0 aromatic carbocycles. The Balaban J connectivity index is 5.18. The second kappa shape index (κ2) is 10.6. The lowest BCUT2D eigenvalue weighted by Crippen LogP contribution is -2.55. The van der Waals surface area contributed by atoms with Crippen LogP contribution in [0.3, 0.4) is 0 Å². The summed E-state index contributed by atoms with van der Waals surface area (Å²) in [6, 6.07) is -2.35. The monoisotopic (exact) mass is 409 g/mol. The average Bonchev–Trinajstić information content (AvgIpc) is 2.51. The first-order valence-electron chi connectivity index (χ1n) is 8.69. The zero-order chi connectivity index (χ0) is 21.5. The van der Waals surface area contributed by atoms with Crippen LogP contribution >= 0.6 is 0 Å². The maximum atomic E-state index is 12.3. The minimum atomic E-state index is -4.78. The van der Waals surface area contributed by atoms with E-state index >= 15 is 0 Å². The summed E-state index contributed by atoms with van der Waals surface area (Å²) in [5, 5.41) is 16.9. The van der Waals surface area contributed by atoms with Gasteiger partial charge in [0.2, 0.25) is 23.2 Å². The third-order valence-corrected chi connectivity index (χ3v) is 4.87. The molecule has 0 saturated carbocycles. The highest BCUT2D eigenvalue weighted by molar-refractivity contribution is 7.86. The van der Waals surface area contributed by atoms with Gasteiger partial charge in [-0.2, -0.15) is 8.42 Å². The number of nitrogens with one attached hydrogen (secondary N) is 3. The second-order valence-electron chi connectivity index (χ2n) is 7.22. The molecule has 0 aliphatic heterocycles. The molecular weight excluding hydrogens is 378 g/mol. The maximum Gasteiger partial charge on any atom is 0.294 e. The normalized spacial score (nSPS) is 16.4. The molecule has 0 bridgehead atoms. The molecule has 0 spiro atoms. The van der Waals surface area contributed by atoms with Crippen molar-refractivity contribution in [1.29, 1.82) is 0 Å². The third-order valence-electron chi connectivity index (χ3n) is 3.93. The van der Waals surface area contributed by atoms with Gasteiger partial charge in [-0.1, -0.05) is 27.7 Å². The molecule has 0 aromatic rings. The zero-order valence-electron chi connectivity index (χ0n) is 16.5. The van der Waals surface area contributed by atoms with Crippen LogP contribution in [0, 0.1) is 17.8 Å². The number of rotatable bonds is 10. The van der Waals surface area contributed by atoms with Crippen molar-refractivity contribution in [2.75, 3.05) is 7.05 Å². The molecule has 11 heteroatoms. The minimum absolute atomic E-state index is 0.0836. The van der Waals surface area contributed by atoms with Crippen molar-refractivity contribution in [1.82, 2.24) is 16.0 Å². The first kappa shape index (κ1) is 25.3. The summed E-state index contributed by atoms with van der Waals surface area (Å²) in [5.41, 5.74) is -2.19. The topological polar surface area (TPSA) is 162 Å². The van der Waals surface area contributed by atoms with Gasteiger partial charge >= 0.3 is 0 Å². The number of hydrogen-bond acceptors (Lipinski definition) is 6. The van der Waals surface area contributed by atoms with Gasteiger partial charge in [0, 0.05) is 7.05 Å². The Hall–Kier alpha value is -1.72. The van der Waals surface area contributed by atoms with Gasteiger partial charge in [-0.25, -0.2) is 0 Å². The van der Waals surface area contributed by atoms with E-state index in [1.165, 1.54) is 14.0 Å². The van der Waals surface area contributed by atoms with Crippen LogP contribution in [-0.2, 0) is 24.5 Å². The number of carbonyl (C=O) groups excluding carboxylic acids is 3. The van der Waals surface area contributed by atoms with Crippen LogP contribution < -0.4 is 16.0 Å². The molecule has 0 aromatic heterocycles. The molecule has 158 valence electrons. The van der Waals surface area contributed by atoms with E-state index in [4.69, 9.17) is 4.55 Å². The lowest BCUT2D eigenvalue weighted by atomic mass is 9.93. The van der Waals surface area contributed by atoms with Crippen molar-refractivity contribution in [3.05, 3.63) is 0 Å². The predicted molar refractivity (Wildman–Crippen MR) is 98.9 cm³/mol. The lowest BCUT2D eigenvalue weighted by Gasteiger charge is -2.26. The number of hydrogen-bond donors (Lipinski definition) is 5. The van der Waals surface area contributed by atoms with Gasteiger partial charge < -0.3 is 21.1 Å². The maximum absolute atomic E-state index is 12.3. The van der Waals surface area contributed by atoms with Crippen LogP contribution in [0.5, 0.6) is 0 Å². The van der Waals surface area contributed by atoms with Crippen LogP contribution in [0.25, 0.3) is 0 Å². The van der Waals surface area contributed by atoms with Gasteiger partial charge in [0.1, 0.15) is 12.0 Å². The first-order valence-corrected chi connectivity index (χ1v) is 10.2. The average molecular weight is 410 g/mol. The number of aliphatic hydroxyl groups excluding tert-OH is 1. The highest BCUT2D eigenvalue weighted by Crippen LogP contribution is 2.13. The molecule has 0 aliphatic rings. The van der Waals surface area contributed by atoms with Crippen molar-refractivity contribution in [3.8, 4) is 0 Å². The number of carbonyl (C=O) groups is 3. The molecule has 3 amide bonds. The van der Waals surface area contributed by atoms with Crippen LogP contribution in [0.15, 0.2) is 0 Å². The van der Waals surface area contributed by atoms with Gasteiger partial charge in [0.05, 0.1) is 6.04 Å². The molecule has 0 aliphatic carbocycles. The highest BCUT2D eigenvalue weighted by Gasteiger charge is 2.34. The Morgan fingerprint density at radius 3 is 1.81 bits per heavy atom. The summed E-state index contributed by atoms with van der Waals surface area (Å²) in [6.07, 6.45) is 0.0836. The standard InChI is InChI=1S/C16H31N3O7S/c1-8(2)7-11(16(23)27(24,25)26)19-13(20)10(5)18-15(22)12(9(3)4)14(21)17-6/h8-12,16,23H,7H2,1-6H3,(H,17,21)(H,18,22)(H,19,20)(H,24,25,26)/t10-,11?,12+,16?/m0/s1. The Bertz CT molecular complexity index is 634. The number of amides is 3. The summed E-state index contributed by atoms with van der Waals surface area (Å²) < 4.78 is 31.4. The van der Waals surface area contributed by atoms with E-state index in [9.17, 15) is 27.9 Å². The van der Waals surface area contributed by atoms with Crippen molar-refractivity contribution >= 4 is 27.8 Å². The molecule has 0 saturated heterocycles. The molecule has 10 nitrogen and oxygen atoms in total. The predicted octanol–water partition coefficient (Wildman–Crippen LogP) is -0.754. The largest absolute Gasteiger partial charge is 0.374 e. The highest BCUT2D eigenvalue weighted by atomic mass is 32.2. The molecule has 5 N–H and O–H groups in total. The molecule has 2 unspecified atom stereocenters. The fourth-order valence-electron chi connectivity index (χ4n) is 2.52. The van der Waals surface area contributed by atoms with Crippen molar-refractivity contribution in [2.45, 2.75) is 58.6 Å². The fourth-order valence-corrected chi connectivity index (χ4v) is 3.11. The molecule has 0 radical (unpaired) electrons. The SMILES string of the molecule is CNC(=O)[C@H](C(=O)N[C@@H](C)C(=O)NC(CC(C)C)C(O)S(=O)(=O)O)C(C)C. The Labute approximate surface area is 160 Å². The Morgan fingerprint density at radius 1 is 0.926 bits per heavy atom. The first-order chi connectivity index (χ1) is 12.2. The zero-order valence-corrected chi connectivity index (χ0v) is 17.3. The van der Waals surface area contributed by atoms with Crippen LogP contribution in [0.4, 0.5) is 0 Å². The van der Waals surface area contributed by atoms with Gasteiger partial charge in [-0.05, 0) is 25.2 Å². The van der Waals surface area contributed by atoms with Gasteiger partial charge in [-0.15, -0.1) is 0 Å². The van der Waals surface area contributed by atoms with Gasteiger partial charge in [-0.3, -0.25) is 18.9 Å². The van der Waals surface area contributed by atoms with E-state index in [1.54, 1.807) is 27.7 Å². The van der Waals surface area contributed by atoms with E-state index in [2.05, 4.69) is 16.0 Å². The van der Waals surface area contributed by atoms with Crippen molar-refractivity contribution < 1.29 is 32.5 Å². The van der Waals surface area contributed by atoms with E-state index in [0.717, 1.165) is 0 Å². The molecule has 0 fully saturated rings. The Morgan fingerprint density at radius 2 is 1.44 bits per heavy atom. The summed E-state index contributed by atoms with van der Waals surface area (Å²) in [6.45, 7) is 8.23. The van der Waals surface area contributed by atoms with Crippen LogP contribution in [0.1, 0.15) is 41.0 Å². The van der Waals surface area contributed by atoms with E-state index < -0.39 is 51.3 Å². The van der Waals surface area contributed by atoms with E-state index in [0.29, 0.717) is 0 Å². The summed E-state index contributed by atoms with van der Waals surface area (Å²) in [4.78, 5) is 36.5. The molecule has 0 rings (SSSR count). The van der Waals surface area contributed by atoms with Crippen LogP contribution in [0.2, 0.25) is 0 Å². The summed E-state index contributed by atoms with van der Waals surface area (Å²) in [5.74, 6) is -3.29. The third kappa shape index (κ3) is 8.22. The minimum Gasteiger partial charge on any atom is -0.374 e. The van der Waals surface area contributed by atoms with Crippen LogP contribution in [-0.4, -0.2) is 60.4 Å². The Kier molecular flexibility index (Phi) is 9.90. The smallest absolute Gasteiger partial charge is 0.294 e.